The first-order chi connectivity index (χ1) is 6.02. The third-order valence-electron chi connectivity index (χ3n) is 2.47. The van der Waals surface area contributed by atoms with Crippen LogP contribution in [0.3, 0.4) is 0 Å². The molecule has 4 N–H and O–H groups in total. The SMILES string of the molecule is CN(O)C1CC=C(N)CC1N(C)O. The molecule has 0 saturated carbocycles. The molecule has 2 atom stereocenters. The maximum Gasteiger partial charge on any atom is 0.0582 e. The van der Waals surface area contributed by atoms with Gasteiger partial charge in [0, 0.05) is 26.2 Å². The zero-order valence-corrected chi connectivity index (χ0v) is 8.01. The number of hydroxylamine groups is 4. The van der Waals surface area contributed by atoms with E-state index in [9.17, 15) is 10.4 Å². The molecule has 2 unspecified atom stereocenters. The van der Waals surface area contributed by atoms with Crippen molar-refractivity contribution in [1.82, 2.24) is 10.1 Å². The number of nitrogens with zero attached hydrogens (tertiary/aromatic N) is 2. The van der Waals surface area contributed by atoms with E-state index in [1.165, 1.54) is 0 Å². The molecule has 0 heterocycles. The molecule has 0 aliphatic heterocycles. The Morgan fingerprint density at radius 2 is 1.85 bits per heavy atom. The molecular weight excluding hydrogens is 170 g/mol. The van der Waals surface area contributed by atoms with E-state index in [0.29, 0.717) is 12.8 Å². The van der Waals surface area contributed by atoms with Crippen molar-refractivity contribution in [1.29, 1.82) is 0 Å². The van der Waals surface area contributed by atoms with Gasteiger partial charge in [0.25, 0.3) is 0 Å². The summed E-state index contributed by atoms with van der Waals surface area (Å²) in [5.41, 5.74) is 6.42. The van der Waals surface area contributed by atoms with E-state index >= 15 is 0 Å². The van der Waals surface area contributed by atoms with Crippen molar-refractivity contribution in [2.45, 2.75) is 24.9 Å². The Kier molecular flexibility index (Phi) is 3.27. The second kappa shape index (κ2) is 4.06. The number of nitrogens with two attached hydrogens (primary N) is 1. The van der Waals surface area contributed by atoms with Gasteiger partial charge >= 0.3 is 0 Å². The Balaban J connectivity index is 2.72. The first-order valence-electron chi connectivity index (χ1n) is 4.30. The first kappa shape index (κ1) is 10.5. The highest BCUT2D eigenvalue weighted by atomic mass is 16.5. The van der Waals surface area contributed by atoms with Crippen molar-refractivity contribution in [3.05, 3.63) is 11.8 Å². The lowest BCUT2D eigenvalue weighted by molar-refractivity contribution is -0.177. The van der Waals surface area contributed by atoms with Gasteiger partial charge in [-0.15, -0.1) is 0 Å². The van der Waals surface area contributed by atoms with Crippen molar-refractivity contribution in [3.63, 3.8) is 0 Å². The standard InChI is InChI=1S/C8H17N3O2/c1-10(12)7-4-3-6(9)5-8(7)11(2)13/h3,7-8,12-13H,4-5,9H2,1-2H3. The molecule has 1 aliphatic carbocycles. The molecule has 1 rings (SSSR count). The lowest BCUT2D eigenvalue weighted by Gasteiger charge is -2.36. The molecule has 0 spiro atoms. The van der Waals surface area contributed by atoms with Gasteiger partial charge in [-0.25, -0.2) is 0 Å². The monoisotopic (exact) mass is 187 g/mol. The van der Waals surface area contributed by atoms with Gasteiger partial charge in [0.15, 0.2) is 0 Å². The van der Waals surface area contributed by atoms with Crippen molar-refractivity contribution in [2.24, 2.45) is 5.73 Å². The average molecular weight is 187 g/mol. The summed E-state index contributed by atoms with van der Waals surface area (Å²) < 4.78 is 0. The van der Waals surface area contributed by atoms with Crippen LogP contribution in [0.1, 0.15) is 12.8 Å². The highest BCUT2D eigenvalue weighted by molar-refractivity contribution is 5.08. The van der Waals surface area contributed by atoms with Crippen LogP contribution >= 0.6 is 0 Å². The smallest absolute Gasteiger partial charge is 0.0582 e. The van der Waals surface area contributed by atoms with Gasteiger partial charge in [-0.2, -0.15) is 10.1 Å². The highest BCUT2D eigenvalue weighted by Crippen LogP contribution is 2.21. The summed E-state index contributed by atoms with van der Waals surface area (Å²) in [7, 11) is 3.15. The molecule has 0 bridgehead atoms. The van der Waals surface area contributed by atoms with Crippen LogP contribution in [0.5, 0.6) is 0 Å². The third-order valence-corrected chi connectivity index (χ3v) is 2.47. The second-order valence-corrected chi connectivity index (χ2v) is 3.50. The fourth-order valence-corrected chi connectivity index (χ4v) is 1.67. The van der Waals surface area contributed by atoms with Crippen LogP contribution in [0, 0.1) is 0 Å². The van der Waals surface area contributed by atoms with E-state index < -0.39 is 0 Å². The van der Waals surface area contributed by atoms with Gasteiger partial charge in [0.1, 0.15) is 0 Å². The molecule has 13 heavy (non-hydrogen) atoms. The fraction of sp³-hybridized carbons (Fsp3) is 0.750. The lowest BCUT2D eigenvalue weighted by Crippen LogP contribution is -2.49. The minimum atomic E-state index is -0.139. The van der Waals surface area contributed by atoms with E-state index in [-0.39, 0.29) is 12.1 Å². The molecule has 0 fully saturated rings. The summed E-state index contributed by atoms with van der Waals surface area (Å²) in [6, 6.07) is -0.234. The predicted octanol–water partition coefficient (Wildman–Crippen LogP) is 0.00200. The molecule has 5 nitrogen and oxygen atoms in total. The highest BCUT2D eigenvalue weighted by Gasteiger charge is 2.30. The summed E-state index contributed by atoms with van der Waals surface area (Å²) in [6.45, 7) is 0. The zero-order valence-electron chi connectivity index (χ0n) is 8.01. The average Bonchev–Trinajstić information content (AvgIpc) is 2.03. The second-order valence-electron chi connectivity index (χ2n) is 3.50. The quantitative estimate of drug-likeness (QED) is 0.531. The number of hydrogen-bond donors (Lipinski definition) is 3. The van der Waals surface area contributed by atoms with Crippen LogP contribution in [0.2, 0.25) is 0 Å². The van der Waals surface area contributed by atoms with Gasteiger partial charge in [0.2, 0.25) is 0 Å². The topological polar surface area (TPSA) is 73.0 Å². The summed E-state index contributed by atoms with van der Waals surface area (Å²) in [6.07, 6.45) is 3.13. The molecule has 0 aromatic carbocycles. The largest absolute Gasteiger partial charge is 0.402 e. The van der Waals surface area contributed by atoms with E-state index in [1.54, 1.807) is 14.1 Å². The molecule has 76 valence electrons. The third kappa shape index (κ3) is 2.41. The van der Waals surface area contributed by atoms with Crippen LogP contribution in [-0.4, -0.2) is 46.7 Å². The maximum atomic E-state index is 9.33. The number of likely N-dealkylation sites (N-methyl/N-ethyl adjacent to an activating group) is 2. The number of rotatable bonds is 2. The van der Waals surface area contributed by atoms with Crippen LogP contribution in [0.25, 0.3) is 0 Å². The summed E-state index contributed by atoms with van der Waals surface area (Å²) in [4.78, 5) is 0. The minimum absolute atomic E-state index is 0.0951. The fourth-order valence-electron chi connectivity index (χ4n) is 1.67. The van der Waals surface area contributed by atoms with Crippen LogP contribution in [0.15, 0.2) is 11.8 Å². The van der Waals surface area contributed by atoms with Gasteiger partial charge in [0.05, 0.1) is 12.1 Å². The predicted molar refractivity (Wildman–Crippen MR) is 48.2 cm³/mol. The van der Waals surface area contributed by atoms with Crippen molar-refractivity contribution >= 4 is 0 Å². The van der Waals surface area contributed by atoms with Crippen molar-refractivity contribution in [2.75, 3.05) is 14.1 Å². The number of hydrogen-bond acceptors (Lipinski definition) is 5. The Morgan fingerprint density at radius 3 is 2.31 bits per heavy atom. The Labute approximate surface area is 78.0 Å². The Bertz CT molecular complexity index is 204. The van der Waals surface area contributed by atoms with Gasteiger partial charge in [-0.05, 0) is 6.42 Å². The summed E-state index contributed by atoms with van der Waals surface area (Å²) in [5.74, 6) is 0. The molecule has 0 saturated heterocycles. The summed E-state index contributed by atoms with van der Waals surface area (Å²) in [5, 5.41) is 20.9. The summed E-state index contributed by atoms with van der Waals surface area (Å²) >= 11 is 0. The van der Waals surface area contributed by atoms with E-state index in [4.69, 9.17) is 5.73 Å². The molecule has 0 amide bonds. The molecule has 0 aromatic heterocycles. The molecule has 0 aromatic rings. The maximum absolute atomic E-state index is 9.33. The van der Waals surface area contributed by atoms with Crippen molar-refractivity contribution < 1.29 is 10.4 Å². The Hall–Kier alpha value is -0.620. The zero-order chi connectivity index (χ0) is 10.0. The molecular formula is C8H17N3O2. The van der Waals surface area contributed by atoms with Gasteiger partial charge in [-0.1, -0.05) is 6.08 Å². The minimum Gasteiger partial charge on any atom is -0.402 e. The van der Waals surface area contributed by atoms with Crippen LogP contribution in [0.4, 0.5) is 0 Å². The molecule has 1 aliphatic rings. The van der Waals surface area contributed by atoms with Gasteiger partial charge < -0.3 is 16.1 Å². The van der Waals surface area contributed by atoms with Crippen LogP contribution in [-0.2, 0) is 0 Å². The van der Waals surface area contributed by atoms with E-state index in [1.807, 2.05) is 6.08 Å². The van der Waals surface area contributed by atoms with Gasteiger partial charge in [-0.3, -0.25) is 0 Å². The molecule has 5 heteroatoms. The first-order valence-corrected chi connectivity index (χ1v) is 4.30. The van der Waals surface area contributed by atoms with Crippen LogP contribution < -0.4 is 5.73 Å². The van der Waals surface area contributed by atoms with Crippen molar-refractivity contribution in [3.8, 4) is 0 Å². The lowest BCUT2D eigenvalue weighted by atomic mass is 9.93. The van der Waals surface area contributed by atoms with E-state index in [0.717, 1.165) is 15.8 Å². The normalized spacial score (nSPS) is 29.5. The van der Waals surface area contributed by atoms with E-state index in [2.05, 4.69) is 0 Å². The Morgan fingerprint density at radius 1 is 1.31 bits per heavy atom. The molecule has 0 radical (unpaired) electrons.